The molecule has 0 radical (unpaired) electrons. The first-order valence-corrected chi connectivity index (χ1v) is 8.47. The summed E-state index contributed by atoms with van der Waals surface area (Å²) < 4.78 is 36.6. The zero-order chi connectivity index (χ0) is 15.2. The van der Waals surface area contributed by atoms with Crippen molar-refractivity contribution >= 4 is 10.1 Å². The van der Waals surface area contributed by atoms with Crippen LogP contribution in [0.1, 0.15) is 38.7 Å². The minimum atomic E-state index is -3.92. The Morgan fingerprint density at radius 2 is 1.75 bits per heavy atom. The molecule has 1 rings (SSSR count). The van der Waals surface area contributed by atoms with Gasteiger partial charge in [-0.05, 0) is 51.2 Å². The normalized spacial score (nSPS) is 14.8. The van der Waals surface area contributed by atoms with Crippen LogP contribution in [0.5, 0.6) is 5.75 Å². The van der Waals surface area contributed by atoms with Gasteiger partial charge in [0.1, 0.15) is 5.75 Å². The van der Waals surface area contributed by atoms with E-state index < -0.39 is 15.4 Å². The molecular weight excluding hydrogens is 276 g/mol. The number of hydrogen-bond acceptors (Lipinski definition) is 3. The maximum Gasteiger partial charge on any atom is 0.267 e. The van der Waals surface area contributed by atoms with Gasteiger partial charge in [-0.25, -0.2) is 0 Å². The fourth-order valence-electron chi connectivity index (χ4n) is 1.92. The Bertz CT molecular complexity index is 493. The van der Waals surface area contributed by atoms with E-state index in [-0.39, 0.29) is 5.92 Å². The highest BCUT2D eigenvalue weighted by Crippen LogP contribution is 2.18. The molecule has 0 aliphatic heterocycles. The van der Waals surface area contributed by atoms with E-state index in [1.807, 2.05) is 38.1 Å². The van der Waals surface area contributed by atoms with E-state index in [0.29, 0.717) is 6.61 Å². The number of benzene rings is 1. The van der Waals surface area contributed by atoms with Crippen molar-refractivity contribution in [2.45, 2.75) is 45.3 Å². The number of rotatable bonds is 8. The first kappa shape index (κ1) is 17.0. The van der Waals surface area contributed by atoms with Gasteiger partial charge in [-0.15, -0.1) is 0 Å². The first-order chi connectivity index (χ1) is 9.30. The molecule has 0 saturated carbocycles. The standard InChI is InChI=1S/C15H24O4S/c1-12-7-9-15(10-8-12)19-11-5-4-6-13(2)14(3)20(16,17)18/h7-10,13-14H,4-6,11H2,1-3H3,(H,16,17,18). The van der Waals surface area contributed by atoms with E-state index in [2.05, 4.69) is 0 Å². The third-order valence-corrected chi connectivity index (χ3v) is 5.02. The molecule has 4 nitrogen and oxygen atoms in total. The van der Waals surface area contributed by atoms with Gasteiger partial charge in [0.15, 0.2) is 0 Å². The molecule has 114 valence electrons. The fourth-order valence-corrected chi connectivity index (χ4v) is 2.64. The summed E-state index contributed by atoms with van der Waals surface area (Å²) in [5.74, 6) is 0.805. The van der Waals surface area contributed by atoms with E-state index in [1.165, 1.54) is 5.56 Å². The molecular formula is C15H24O4S. The van der Waals surface area contributed by atoms with Crippen LogP contribution in [0.15, 0.2) is 24.3 Å². The molecule has 0 aliphatic carbocycles. The van der Waals surface area contributed by atoms with Gasteiger partial charge in [0.05, 0.1) is 11.9 Å². The molecule has 0 saturated heterocycles. The Morgan fingerprint density at radius 3 is 2.30 bits per heavy atom. The predicted octanol–water partition coefficient (Wildman–Crippen LogP) is 3.46. The lowest BCUT2D eigenvalue weighted by Crippen LogP contribution is -2.24. The van der Waals surface area contributed by atoms with Crippen molar-refractivity contribution < 1.29 is 17.7 Å². The molecule has 20 heavy (non-hydrogen) atoms. The number of ether oxygens (including phenoxy) is 1. The van der Waals surface area contributed by atoms with Crippen LogP contribution in [0, 0.1) is 12.8 Å². The fraction of sp³-hybridized carbons (Fsp3) is 0.600. The largest absolute Gasteiger partial charge is 0.494 e. The van der Waals surface area contributed by atoms with Crippen LogP contribution in [-0.2, 0) is 10.1 Å². The Labute approximate surface area is 121 Å². The summed E-state index contributed by atoms with van der Waals surface area (Å²) in [7, 11) is -3.92. The lowest BCUT2D eigenvalue weighted by molar-refractivity contribution is 0.299. The lowest BCUT2D eigenvalue weighted by Gasteiger charge is -2.16. The molecule has 1 aromatic rings. The van der Waals surface area contributed by atoms with Crippen LogP contribution >= 0.6 is 0 Å². The zero-order valence-electron chi connectivity index (χ0n) is 12.4. The molecule has 0 spiro atoms. The Morgan fingerprint density at radius 1 is 1.15 bits per heavy atom. The van der Waals surface area contributed by atoms with E-state index in [9.17, 15) is 8.42 Å². The Kier molecular flexibility index (Phi) is 6.49. The van der Waals surface area contributed by atoms with Crippen LogP contribution < -0.4 is 4.74 Å². The average molecular weight is 300 g/mol. The van der Waals surface area contributed by atoms with Gasteiger partial charge < -0.3 is 4.74 Å². The number of hydrogen-bond donors (Lipinski definition) is 1. The Hall–Kier alpha value is -1.07. The monoisotopic (exact) mass is 300 g/mol. The van der Waals surface area contributed by atoms with E-state index >= 15 is 0 Å². The maximum atomic E-state index is 11.0. The molecule has 5 heteroatoms. The second-order valence-electron chi connectivity index (χ2n) is 5.35. The van der Waals surface area contributed by atoms with Crippen molar-refractivity contribution in [1.29, 1.82) is 0 Å². The summed E-state index contributed by atoms with van der Waals surface area (Å²) in [6.45, 7) is 6.04. The van der Waals surface area contributed by atoms with Crippen LogP contribution in [0.25, 0.3) is 0 Å². The van der Waals surface area contributed by atoms with Crippen LogP contribution in [-0.4, -0.2) is 24.8 Å². The van der Waals surface area contributed by atoms with Gasteiger partial charge in [-0.2, -0.15) is 8.42 Å². The number of aryl methyl sites for hydroxylation is 1. The highest BCUT2D eigenvalue weighted by Gasteiger charge is 2.23. The second kappa shape index (κ2) is 7.64. The minimum Gasteiger partial charge on any atom is -0.494 e. The summed E-state index contributed by atoms with van der Waals surface area (Å²) in [6, 6.07) is 7.90. The molecule has 1 aromatic carbocycles. The van der Waals surface area contributed by atoms with Gasteiger partial charge in [0.2, 0.25) is 0 Å². The molecule has 0 aromatic heterocycles. The molecule has 0 aliphatic rings. The zero-order valence-corrected chi connectivity index (χ0v) is 13.2. The molecule has 0 fully saturated rings. The van der Waals surface area contributed by atoms with Crippen LogP contribution in [0.2, 0.25) is 0 Å². The molecule has 2 atom stereocenters. The highest BCUT2D eigenvalue weighted by molar-refractivity contribution is 7.86. The van der Waals surface area contributed by atoms with Crippen molar-refractivity contribution in [3.8, 4) is 5.75 Å². The summed E-state index contributed by atoms with van der Waals surface area (Å²) in [5.41, 5.74) is 1.20. The minimum absolute atomic E-state index is 0.0515. The maximum absolute atomic E-state index is 11.0. The van der Waals surface area contributed by atoms with Gasteiger partial charge >= 0.3 is 0 Å². The highest BCUT2D eigenvalue weighted by atomic mass is 32.2. The topological polar surface area (TPSA) is 63.6 Å². The van der Waals surface area contributed by atoms with Crippen molar-refractivity contribution in [2.75, 3.05) is 6.61 Å². The molecule has 2 unspecified atom stereocenters. The molecule has 0 heterocycles. The van der Waals surface area contributed by atoms with E-state index in [0.717, 1.165) is 25.0 Å². The third-order valence-electron chi connectivity index (χ3n) is 3.61. The first-order valence-electron chi connectivity index (χ1n) is 6.96. The Balaban J connectivity index is 2.20. The van der Waals surface area contributed by atoms with Crippen molar-refractivity contribution in [3.63, 3.8) is 0 Å². The smallest absolute Gasteiger partial charge is 0.267 e. The predicted molar refractivity (Wildman–Crippen MR) is 80.7 cm³/mol. The third kappa shape index (κ3) is 5.92. The molecule has 0 bridgehead atoms. The SMILES string of the molecule is Cc1ccc(OCCCCC(C)C(C)S(=O)(=O)O)cc1. The average Bonchev–Trinajstić information content (AvgIpc) is 2.38. The van der Waals surface area contributed by atoms with E-state index in [4.69, 9.17) is 9.29 Å². The van der Waals surface area contributed by atoms with Gasteiger partial charge in [0, 0.05) is 0 Å². The second-order valence-corrected chi connectivity index (χ2v) is 7.13. The summed E-state index contributed by atoms with van der Waals surface area (Å²) in [6.07, 6.45) is 2.52. The van der Waals surface area contributed by atoms with Gasteiger partial charge in [-0.1, -0.05) is 24.6 Å². The summed E-state index contributed by atoms with van der Waals surface area (Å²) in [5, 5.41) is -0.708. The van der Waals surface area contributed by atoms with Crippen LogP contribution in [0.4, 0.5) is 0 Å². The molecule has 1 N–H and O–H groups in total. The molecule has 0 amide bonds. The van der Waals surface area contributed by atoms with Crippen molar-refractivity contribution in [2.24, 2.45) is 5.92 Å². The lowest BCUT2D eigenvalue weighted by atomic mass is 10.0. The quantitative estimate of drug-likeness (QED) is 0.590. The number of unbranched alkanes of at least 4 members (excludes halogenated alkanes) is 1. The summed E-state index contributed by atoms with van der Waals surface area (Å²) >= 11 is 0. The van der Waals surface area contributed by atoms with Crippen LogP contribution in [0.3, 0.4) is 0 Å². The van der Waals surface area contributed by atoms with Crippen molar-refractivity contribution in [3.05, 3.63) is 29.8 Å². The van der Waals surface area contributed by atoms with Gasteiger partial charge in [-0.3, -0.25) is 4.55 Å². The summed E-state index contributed by atoms with van der Waals surface area (Å²) in [4.78, 5) is 0. The van der Waals surface area contributed by atoms with Gasteiger partial charge in [0.25, 0.3) is 10.1 Å². The van der Waals surface area contributed by atoms with Crippen molar-refractivity contribution in [1.82, 2.24) is 0 Å². The van der Waals surface area contributed by atoms with E-state index in [1.54, 1.807) is 6.92 Å².